The molecule has 4 aliphatic heterocycles. The van der Waals surface area contributed by atoms with Crippen LogP contribution in [0.15, 0.2) is 0 Å². The average molecular weight is 854 g/mol. The zero-order valence-electron chi connectivity index (χ0n) is 33.0. The summed E-state index contributed by atoms with van der Waals surface area (Å²) < 4.78 is 0. The summed E-state index contributed by atoms with van der Waals surface area (Å²) in [6.07, 6.45) is 2.21. The van der Waals surface area contributed by atoms with Gasteiger partial charge in [-0.25, -0.2) is 4.79 Å². The normalized spacial score (nSPS) is 23.2. The lowest BCUT2D eigenvalue weighted by molar-refractivity contribution is -0.151. The summed E-state index contributed by atoms with van der Waals surface area (Å²) in [6, 6.07) is -9.77. The first-order chi connectivity index (χ1) is 28.6. The van der Waals surface area contributed by atoms with Crippen molar-refractivity contribution in [1.82, 2.24) is 46.6 Å². The van der Waals surface area contributed by atoms with Crippen molar-refractivity contribution in [3.8, 4) is 0 Å². The molecule has 4 fully saturated rings. The van der Waals surface area contributed by atoms with Gasteiger partial charge in [-0.3, -0.25) is 43.2 Å². The minimum absolute atomic E-state index is 0.0617. The molecule has 334 valence electrons. The van der Waals surface area contributed by atoms with E-state index < -0.39 is 147 Å². The molecule has 8 atom stereocenters. The maximum Gasteiger partial charge on any atom is 0.328 e. The second kappa shape index (κ2) is 22.2. The van der Waals surface area contributed by atoms with E-state index in [4.69, 9.17) is 0 Å². The van der Waals surface area contributed by atoms with Crippen LogP contribution in [0.2, 0.25) is 0 Å². The highest BCUT2D eigenvalue weighted by Crippen LogP contribution is 2.29. The highest BCUT2D eigenvalue weighted by Gasteiger charge is 2.46. The van der Waals surface area contributed by atoms with Gasteiger partial charge >= 0.3 is 11.9 Å². The number of aliphatic hydroxyl groups excluding tert-OH is 3. The number of rotatable bonds is 20. The van der Waals surface area contributed by atoms with Crippen LogP contribution in [0.4, 0.5) is 0 Å². The van der Waals surface area contributed by atoms with Crippen molar-refractivity contribution >= 4 is 59.2 Å². The molecule has 11 N–H and O–H groups in total. The molecular weight excluding hydrogens is 798 g/mol. The van der Waals surface area contributed by atoms with Crippen LogP contribution in [-0.2, 0) is 47.9 Å². The molecule has 0 aliphatic carbocycles. The minimum atomic E-state index is -1.62. The number of aliphatic carboxylic acids is 2. The van der Waals surface area contributed by atoms with Gasteiger partial charge in [0.05, 0.1) is 32.4 Å². The summed E-state index contributed by atoms with van der Waals surface area (Å²) >= 11 is 0. The van der Waals surface area contributed by atoms with Crippen molar-refractivity contribution in [3.05, 3.63) is 0 Å². The highest BCUT2D eigenvalue weighted by molar-refractivity contribution is 5.98. The quantitative estimate of drug-likeness (QED) is 0.0543. The maximum absolute atomic E-state index is 14.1. The molecule has 4 saturated heterocycles. The largest absolute Gasteiger partial charge is 0.481 e. The van der Waals surface area contributed by atoms with Crippen LogP contribution < -0.4 is 31.9 Å². The Bertz CT molecular complexity index is 1640. The van der Waals surface area contributed by atoms with Gasteiger partial charge in [-0.15, -0.1) is 0 Å². The van der Waals surface area contributed by atoms with E-state index in [1.807, 2.05) is 0 Å². The van der Waals surface area contributed by atoms with Crippen LogP contribution in [0.25, 0.3) is 0 Å². The summed E-state index contributed by atoms with van der Waals surface area (Å²) in [7, 11) is 0. The summed E-state index contributed by atoms with van der Waals surface area (Å²) in [5.74, 6) is -8.89. The van der Waals surface area contributed by atoms with Crippen molar-refractivity contribution in [1.29, 1.82) is 0 Å². The number of nitrogens with one attached hydrogen (secondary N) is 6. The number of likely N-dealkylation sites (tertiary alicyclic amines) is 3. The Morgan fingerprint density at radius 2 is 1.12 bits per heavy atom. The number of nitrogens with zero attached hydrogens (tertiary/aromatic N) is 3. The summed E-state index contributed by atoms with van der Waals surface area (Å²) in [5.41, 5.74) is 0. The third kappa shape index (κ3) is 12.1. The lowest BCUT2D eigenvalue weighted by atomic mass is 10.1. The van der Waals surface area contributed by atoms with Crippen molar-refractivity contribution < 1.29 is 73.5 Å². The van der Waals surface area contributed by atoms with Gasteiger partial charge in [0.15, 0.2) is 0 Å². The van der Waals surface area contributed by atoms with Crippen molar-refractivity contribution in [2.45, 2.75) is 113 Å². The van der Waals surface area contributed by atoms with Gasteiger partial charge in [0, 0.05) is 26.1 Å². The predicted octanol–water partition coefficient (Wildman–Crippen LogP) is -6.31. The Balaban J connectivity index is 1.36. The third-order valence-electron chi connectivity index (χ3n) is 11.0. The number of carboxylic acids is 2. The van der Waals surface area contributed by atoms with Gasteiger partial charge in [0.1, 0.15) is 42.3 Å². The van der Waals surface area contributed by atoms with E-state index >= 15 is 0 Å². The fourth-order valence-electron chi connectivity index (χ4n) is 7.82. The smallest absolute Gasteiger partial charge is 0.328 e. The van der Waals surface area contributed by atoms with Crippen LogP contribution in [-0.4, -0.2) is 200 Å². The van der Waals surface area contributed by atoms with Gasteiger partial charge in [-0.05, 0) is 64.3 Å². The van der Waals surface area contributed by atoms with E-state index in [0.717, 1.165) is 6.42 Å². The number of hydrogen-bond acceptors (Lipinski definition) is 14. The molecule has 0 radical (unpaired) electrons. The monoisotopic (exact) mass is 853 g/mol. The van der Waals surface area contributed by atoms with Gasteiger partial charge in [-0.2, -0.15) is 0 Å². The van der Waals surface area contributed by atoms with Crippen LogP contribution in [0.5, 0.6) is 0 Å². The van der Waals surface area contributed by atoms with E-state index in [1.54, 1.807) is 0 Å². The second-order valence-corrected chi connectivity index (χ2v) is 15.1. The molecule has 4 aliphatic rings. The highest BCUT2D eigenvalue weighted by atomic mass is 16.4. The van der Waals surface area contributed by atoms with Crippen LogP contribution >= 0.6 is 0 Å². The van der Waals surface area contributed by atoms with Crippen LogP contribution in [0.1, 0.15) is 64.2 Å². The molecule has 8 amide bonds. The number of carbonyl (C=O) groups is 10. The zero-order chi connectivity index (χ0) is 44.1. The number of hydrogen-bond donors (Lipinski definition) is 11. The van der Waals surface area contributed by atoms with Crippen molar-refractivity contribution in [2.75, 3.05) is 52.5 Å². The predicted molar refractivity (Wildman–Crippen MR) is 202 cm³/mol. The van der Waals surface area contributed by atoms with E-state index in [2.05, 4.69) is 31.9 Å². The van der Waals surface area contributed by atoms with Crippen molar-refractivity contribution in [3.63, 3.8) is 0 Å². The fraction of sp³-hybridized carbons (Fsp3) is 0.722. The molecule has 0 aromatic carbocycles. The van der Waals surface area contributed by atoms with E-state index in [1.165, 1.54) is 14.7 Å². The van der Waals surface area contributed by atoms with E-state index in [0.29, 0.717) is 32.2 Å². The first-order valence-corrected chi connectivity index (χ1v) is 20.0. The molecule has 4 rings (SSSR count). The summed E-state index contributed by atoms with van der Waals surface area (Å²) in [4.78, 5) is 132. The SMILES string of the molecule is O=C(O)CC[C@H](NC(=O)CNC(=O)[C@H](CO)NC(=O)[C@H](CO)NC(=O)[C@@H]1CCCN1)C(=O)N1CCC[C@H]1C(=O)N1CCC[C@H]1C(=O)N1CCC[C@H]1C(=O)N[C@@H](CO)C(=O)O. The lowest BCUT2D eigenvalue weighted by Crippen LogP contribution is -2.59. The first-order valence-electron chi connectivity index (χ1n) is 20.0. The van der Waals surface area contributed by atoms with Gasteiger partial charge in [0.2, 0.25) is 47.3 Å². The average Bonchev–Trinajstić information content (AvgIpc) is 4.08. The Labute approximate surface area is 344 Å². The third-order valence-corrected chi connectivity index (χ3v) is 11.0. The Hall–Kier alpha value is -5.46. The first kappa shape index (κ1) is 47.2. The molecule has 24 nitrogen and oxygen atoms in total. The van der Waals surface area contributed by atoms with Gasteiger partial charge < -0.3 is 72.1 Å². The maximum atomic E-state index is 14.1. The molecule has 60 heavy (non-hydrogen) atoms. The molecule has 0 aromatic rings. The number of aliphatic hydroxyl groups is 3. The topological polar surface area (TPSA) is 354 Å². The van der Waals surface area contributed by atoms with E-state index in [-0.39, 0.29) is 38.9 Å². The molecule has 24 heteroatoms. The molecule has 0 bridgehead atoms. The van der Waals surface area contributed by atoms with Crippen molar-refractivity contribution in [2.24, 2.45) is 0 Å². The molecular formula is C36H55N9O15. The van der Waals surface area contributed by atoms with Gasteiger partial charge in [0.25, 0.3) is 0 Å². The number of carbonyl (C=O) groups excluding carboxylic acids is 8. The van der Waals surface area contributed by atoms with Crippen LogP contribution in [0, 0.1) is 0 Å². The second-order valence-electron chi connectivity index (χ2n) is 15.1. The van der Waals surface area contributed by atoms with Crippen LogP contribution in [0.3, 0.4) is 0 Å². The fourth-order valence-corrected chi connectivity index (χ4v) is 7.82. The number of carboxylic acid groups (broad SMARTS) is 2. The minimum Gasteiger partial charge on any atom is -0.481 e. The zero-order valence-corrected chi connectivity index (χ0v) is 33.0. The standard InChI is InChI=1S/C36H55N9O15/c46-16-21(40-31(54)22(17-47)41-30(53)19-5-1-11-37-19)29(52)38-15-27(49)39-20(9-10-28(50)51)33(56)44-13-3-7-25(44)35(58)45-14-4-8-26(45)34(57)43-12-2-6-24(43)32(55)42-23(18-48)36(59)60/h19-26,37,46-48H,1-18H2,(H,38,52)(H,39,49)(H,40,54)(H,41,53)(H,42,55)(H,50,51)(H,59,60)/t19-,20-,21-,22-,23-,24-,25-,26-/m0/s1. The van der Waals surface area contributed by atoms with E-state index in [9.17, 15) is 73.5 Å². The Kier molecular flexibility index (Phi) is 17.5. The molecule has 0 spiro atoms. The Morgan fingerprint density at radius 1 is 0.583 bits per heavy atom. The molecule has 0 saturated carbocycles. The lowest BCUT2D eigenvalue weighted by Gasteiger charge is -2.35. The molecule has 4 heterocycles. The summed E-state index contributed by atoms with van der Waals surface area (Å²) in [5, 5.41) is 61.7. The Morgan fingerprint density at radius 3 is 1.67 bits per heavy atom. The van der Waals surface area contributed by atoms with Gasteiger partial charge in [-0.1, -0.05) is 0 Å². The molecule has 0 aromatic heterocycles. The summed E-state index contributed by atoms with van der Waals surface area (Å²) in [6.45, 7) is -2.41. The molecule has 0 unspecified atom stereocenters. The number of amides is 8.